The van der Waals surface area contributed by atoms with Gasteiger partial charge >= 0.3 is 0 Å². The molecule has 0 bridgehead atoms. The third-order valence-corrected chi connectivity index (χ3v) is 4.95. The van der Waals surface area contributed by atoms with Crippen molar-refractivity contribution >= 4 is 5.91 Å². The topological polar surface area (TPSA) is 107 Å². The lowest BCUT2D eigenvalue weighted by Crippen LogP contribution is -2.43. The molecule has 3 aromatic rings. The number of pyridine rings is 1. The van der Waals surface area contributed by atoms with Gasteiger partial charge in [-0.2, -0.15) is 0 Å². The van der Waals surface area contributed by atoms with Crippen LogP contribution in [0.4, 0.5) is 0 Å². The van der Waals surface area contributed by atoms with Crippen LogP contribution in [0.3, 0.4) is 0 Å². The Morgan fingerprint density at radius 1 is 1.14 bits per heavy atom. The minimum atomic E-state index is -0.216. The minimum absolute atomic E-state index is 0.0669. The van der Waals surface area contributed by atoms with Crippen molar-refractivity contribution in [2.45, 2.75) is 32.4 Å². The van der Waals surface area contributed by atoms with Gasteiger partial charge in [0.2, 0.25) is 5.89 Å². The summed E-state index contributed by atoms with van der Waals surface area (Å²) in [5.74, 6) is 1.01. The summed E-state index contributed by atoms with van der Waals surface area (Å²) in [6.45, 7) is 4.94. The molecule has 2 aromatic heterocycles. The van der Waals surface area contributed by atoms with E-state index < -0.39 is 0 Å². The summed E-state index contributed by atoms with van der Waals surface area (Å²) in [6, 6.07) is 9.01. The number of carbonyl (C=O) groups is 1. The van der Waals surface area contributed by atoms with E-state index in [1.807, 2.05) is 24.8 Å². The fourth-order valence-electron chi connectivity index (χ4n) is 3.37. The Labute approximate surface area is 168 Å². The number of rotatable bonds is 4. The van der Waals surface area contributed by atoms with E-state index in [9.17, 15) is 4.79 Å². The number of ether oxygens (including phenoxy) is 1. The molecule has 1 amide bonds. The molecule has 1 aliphatic heterocycles. The van der Waals surface area contributed by atoms with E-state index >= 15 is 0 Å². The molecule has 29 heavy (non-hydrogen) atoms. The third-order valence-electron chi connectivity index (χ3n) is 4.95. The average Bonchev–Trinajstić information content (AvgIpc) is 3.22. The molecule has 1 aliphatic rings. The second-order valence-corrected chi connectivity index (χ2v) is 7.19. The van der Waals surface area contributed by atoms with E-state index in [1.54, 1.807) is 36.7 Å². The van der Waals surface area contributed by atoms with Crippen molar-refractivity contribution < 1.29 is 13.9 Å². The maximum atomic E-state index is 13.2. The van der Waals surface area contributed by atoms with Gasteiger partial charge in [0.25, 0.3) is 11.8 Å². The zero-order valence-electron chi connectivity index (χ0n) is 16.4. The molecule has 8 heteroatoms. The Bertz CT molecular complexity index is 1000. The highest BCUT2D eigenvalue weighted by Gasteiger charge is 2.30. The van der Waals surface area contributed by atoms with Crippen LogP contribution in [0.2, 0.25) is 0 Å². The fourth-order valence-corrected chi connectivity index (χ4v) is 3.37. The number of benzene rings is 1. The number of carbonyl (C=O) groups excluding carboxylic acids is 1. The Morgan fingerprint density at radius 2 is 1.86 bits per heavy atom. The summed E-state index contributed by atoms with van der Waals surface area (Å²) >= 11 is 0. The average molecular weight is 393 g/mol. The zero-order chi connectivity index (χ0) is 20.4. The number of hydrogen-bond acceptors (Lipinski definition) is 7. The second-order valence-electron chi connectivity index (χ2n) is 7.19. The van der Waals surface area contributed by atoms with Crippen LogP contribution in [0.1, 0.15) is 30.6 Å². The molecular formula is C21H23N5O3. The van der Waals surface area contributed by atoms with E-state index in [1.165, 1.54) is 0 Å². The molecule has 0 fully saturated rings. The van der Waals surface area contributed by atoms with Crippen LogP contribution < -0.4 is 10.5 Å². The Hall–Kier alpha value is -3.26. The van der Waals surface area contributed by atoms with E-state index in [4.69, 9.17) is 14.9 Å². The van der Waals surface area contributed by atoms with Gasteiger partial charge in [-0.1, -0.05) is 6.07 Å². The van der Waals surface area contributed by atoms with Crippen molar-refractivity contribution in [1.82, 2.24) is 20.1 Å². The fraction of sp³-hybridized carbons (Fsp3) is 0.333. The number of nitrogens with two attached hydrogens (primary N) is 1. The smallest absolute Gasteiger partial charge is 0.257 e. The highest BCUT2D eigenvalue weighted by molar-refractivity contribution is 5.99. The first kappa shape index (κ1) is 19.1. The quantitative estimate of drug-likeness (QED) is 0.726. The van der Waals surface area contributed by atoms with E-state index in [2.05, 4.69) is 15.2 Å². The Balaban J connectivity index is 1.80. The molecule has 0 spiro atoms. The van der Waals surface area contributed by atoms with Gasteiger partial charge in [-0.3, -0.25) is 9.78 Å². The van der Waals surface area contributed by atoms with E-state index in [0.29, 0.717) is 42.3 Å². The van der Waals surface area contributed by atoms with Crippen molar-refractivity contribution in [1.29, 1.82) is 0 Å². The first-order valence-electron chi connectivity index (χ1n) is 9.63. The molecule has 0 saturated heterocycles. The molecule has 150 valence electrons. The molecule has 1 unspecified atom stereocenters. The normalized spacial score (nSPS) is 16.9. The van der Waals surface area contributed by atoms with Gasteiger partial charge in [0.1, 0.15) is 11.9 Å². The van der Waals surface area contributed by atoms with Crippen molar-refractivity contribution in [2.24, 2.45) is 5.73 Å². The zero-order valence-corrected chi connectivity index (χ0v) is 16.4. The van der Waals surface area contributed by atoms with Crippen LogP contribution in [0, 0.1) is 0 Å². The maximum Gasteiger partial charge on any atom is 0.257 e. The van der Waals surface area contributed by atoms with E-state index in [-0.39, 0.29) is 23.9 Å². The largest absolute Gasteiger partial charge is 0.487 e. The van der Waals surface area contributed by atoms with Crippen LogP contribution in [0.15, 0.2) is 47.1 Å². The number of aromatic nitrogens is 3. The van der Waals surface area contributed by atoms with Crippen LogP contribution in [-0.4, -0.2) is 51.2 Å². The molecule has 0 aliphatic carbocycles. The second kappa shape index (κ2) is 8.00. The van der Waals surface area contributed by atoms with Crippen LogP contribution in [0.25, 0.3) is 22.9 Å². The standard InChI is InChI=1S/C21H23N5O3/c1-13(2)26-11-8-15(12-22)28-18-16(4-3-5-17(18)21(26)27)20-25-24-19(29-20)14-6-9-23-10-7-14/h3-7,9-10,13,15H,8,11-12,22H2,1-2H3. The van der Waals surface area contributed by atoms with Crippen LogP contribution in [0.5, 0.6) is 5.75 Å². The van der Waals surface area contributed by atoms with Crippen LogP contribution >= 0.6 is 0 Å². The van der Waals surface area contributed by atoms with Gasteiger partial charge in [-0.15, -0.1) is 10.2 Å². The number of fused-ring (bicyclic) bond motifs is 1. The molecule has 2 N–H and O–H groups in total. The number of para-hydroxylation sites is 1. The lowest BCUT2D eigenvalue weighted by molar-refractivity contribution is 0.0634. The number of hydrogen-bond donors (Lipinski definition) is 1. The predicted molar refractivity (Wildman–Crippen MR) is 107 cm³/mol. The monoisotopic (exact) mass is 393 g/mol. The molecule has 3 heterocycles. The van der Waals surface area contributed by atoms with Crippen molar-refractivity contribution in [3.63, 3.8) is 0 Å². The third kappa shape index (κ3) is 3.71. The molecule has 8 nitrogen and oxygen atoms in total. The summed E-state index contributed by atoms with van der Waals surface area (Å²) < 4.78 is 12.1. The van der Waals surface area contributed by atoms with Gasteiger partial charge in [0.15, 0.2) is 0 Å². The van der Waals surface area contributed by atoms with Crippen molar-refractivity contribution in [3.05, 3.63) is 48.3 Å². The lowest BCUT2D eigenvalue weighted by atomic mass is 10.0. The molecule has 0 saturated carbocycles. The van der Waals surface area contributed by atoms with Gasteiger partial charge in [-0.05, 0) is 38.1 Å². The maximum absolute atomic E-state index is 13.2. The molecule has 0 radical (unpaired) electrons. The Morgan fingerprint density at radius 3 is 2.59 bits per heavy atom. The highest BCUT2D eigenvalue weighted by atomic mass is 16.5. The molecule has 4 rings (SSSR count). The van der Waals surface area contributed by atoms with Crippen molar-refractivity contribution in [2.75, 3.05) is 13.1 Å². The lowest BCUT2D eigenvalue weighted by Gasteiger charge is -2.32. The molecule has 1 aromatic carbocycles. The van der Waals surface area contributed by atoms with Gasteiger partial charge in [0, 0.05) is 43.5 Å². The minimum Gasteiger partial charge on any atom is -0.487 e. The van der Waals surface area contributed by atoms with Gasteiger partial charge in [0.05, 0.1) is 11.1 Å². The first-order chi connectivity index (χ1) is 14.1. The summed E-state index contributed by atoms with van der Waals surface area (Å²) in [6.07, 6.45) is 3.75. The molecular weight excluding hydrogens is 370 g/mol. The Kier molecular flexibility index (Phi) is 5.26. The van der Waals surface area contributed by atoms with Crippen molar-refractivity contribution in [3.8, 4) is 28.7 Å². The highest BCUT2D eigenvalue weighted by Crippen LogP contribution is 2.36. The number of nitrogens with zero attached hydrogens (tertiary/aromatic N) is 4. The first-order valence-corrected chi connectivity index (χ1v) is 9.63. The summed E-state index contributed by atoms with van der Waals surface area (Å²) in [4.78, 5) is 19.0. The number of amides is 1. The SMILES string of the molecule is CC(C)N1CCC(CN)Oc2c(cccc2-c2nnc(-c3ccncc3)o2)C1=O. The summed E-state index contributed by atoms with van der Waals surface area (Å²) in [5, 5.41) is 8.32. The predicted octanol–water partition coefficient (Wildman–Crippen LogP) is 2.76. The summed E-state index contributed by atoms with van der Waals surface area (Å²) in [7, 11) is 0. The van der Waals surface area contributed by atoms with Gasteiger partial charge < -0.3 is 19.8 Å². The van der Waals surface area contributed by atoms with Crippen LogP contribution in [-0.2, 0) is 0 Å². The van der Waals surface area contributed by atoms with Gasteiger partial charge in [-0.25, -0.2) is 0 Å². The summed E-state index contributed by atoms with van der Waals surface area (Å²) in [5.41, 5.74) is 7.73. The van der Waals surface area contributed by atoms with E-state index in [0.717, 1.165) is 5.56 Å². The molecule has 1 atom stereocenters.